The molecule has 2 heterocycles. The topological polar surface area (TPSA) is 34.0 Å². The number of thiophene rings is 1. The molecule has 4 rings (SSSR count). The molecule has 0 bridgehead atoms. The fourth-order valence-electron chi connectivity index (χ4n) is 3.44. The van der Waals surface area contributed by atoms with Gasteiger partial charge in [-0.3, -0.25) is 4.79 Å². The highest BCUT2D eigenvalue weighted by Crippen LogP contribution is 2.30. The first-order valence-corrected chi connectivity index (χ1v) is 10.1. The van der Waals surface area contributed by atoms with E-state index in [2.05, 4.69) is 5.32 Å². The minimum atomic E-state index is -0.620. The van der Waals surface area contributed by atoms with E-state index in [1.165, 1.54) is 12.1 Å². The monoisotopic (exact) mass is 410 g/mol. The van der Waals surface area contributed by atoms with Crippen molar-refractivity contribution in [1.82, 2.24) is 9.88 Å². The van der Waals surface area contributed by atoms with Crippen LogP contribution in [-0.4, -0.2) is 10.5 Å². The number of halogens is 2. The predicted octanol–water partition coefficient (Wildman–Crippen LogP) is 5.58. The summed E-state index contributed by atoms with van der Waals surface area (Å²) in [5, 5.41) is 2.95. The number of aromatic nitrogens is 1. The molecule has 148 valence electrons. The van der Waals surface area contributed by atoms with Crippen LogP contribution in [0, 0.1) is 25.5 Å². The van der Waals surface area contributed by atoms with Crippen LogP contribution in [0.1, 0.15) is 32.1 Å². The molecule has 0 saturated heterocycles. The van der Waals surface area contributed by atoms with E-state index in [-0.39, 0.29) is 12.5 Å². The summed E-state index contributed by atoms with van der Waals surface area (Å²) in [6, 6.07) is 15.3. The summed E-state index contributed by atoms with van der Waals surface area (Å²) in [6.07, 6.45) is 0. The van der Waals surface area contributed by atoms with Crippen molar-refractivity contribution in [2.45, 2.75) is 26.9 Å². The van der Waals surface area contributed by atoms with Crippen LogP contribution < -0.4 is 5.32 Å². The van der Waals surface area contributed by atoms with Gasteiger partial charge in [0.1, 0.15) is 17.3 Å². The van der Waals surface area contributed by atoms with Crippen molar-refractivity contribution in [3.05, 3.63) is 93.5 Å². The van der Waals surface area contributed by atoms with Crippen molar-refractivity contribution in [2.24, 2.45) is 0 Å². The highest BCUT2D eigenvalue weighted by molar-refractivity contribution is 7.19. The summed E-state index contributed by atoms with van der Waals surface area (Å²) in [5.41, 5.74) is 3.81. The zero-order chi connectivity index (χ0) is 20.5. The van der Waals surface area contributed by atoms with E-state index in [1.54, 1.807) is 15.9 Å². The molecule has 3 nitrogen and oxygen atoms in total. The first kappa shape index (κ1) is 19.3. The van der Waals surface area contributed by atoms with Crippen LogP contribution in [0.15, 0.2) is 54.6 Å². The third-order valence-electron chi connectivity index (χ3n) is 4.82. The van der Waals surface area contributed by atoms with Crippen molar-refractivity contribution in [3.63, 3.8) is 0 Å². The second kappa shape index (κ2) is 7.79. The Morgan fingerprint density at radius 3 is 2.66 bits per heavy atom. The zero-order valence-corrected chi connectivity index (χ0v) is 16.9. The lowest BCUT2D eigenvalue weighted by atomic mass is 10.1. The van der Waals surface area contributed by atoms with Gasteiger partial charge in [-0.15, -0.1) is 11.3 Å². The Morgan fingerprint density at radius 2 is 1.90 bits per heavy atom. The lowest BCUT2D eigenvalue weighted by molar-refractivity contribution is 0.0942. The van der Waals surface area contributed by atoms with Crippen molar-refractivity contribution in [3.8, 4) is 0 Å². The Morgan fingerprint density at radius 1 is 1.07 bits per heavy atom. The second-order valence-corrected chi connectivity index (χ2v) is 8.42. The molecule has 0 radical (unpaired) electrons. The molecule has 0 atom stereocenters. The van der Waals surface area contributed by atoms with Gasteiger partial charge < -0.3 is 9.88 Å². The molecule has 2 aromatic heterocycles. The number of carbonyl (C=O) groups is 1. The summed E-state index contributed by atoms with van der Waals surface area (Å²) in [6.45, 7) is 4.55. The molecule has 0 unspecified atom stereocenters. The van der Waals surface area contributed by atoms with Crippen LogP contribution >= 0.6 is 11.3 Å². The zero-order valence-electron chi connectivity index (χ0n) is 16.1. The maximum Gasteiger partial charge on any atom is 0.268 e. The van der Waals surface area contributed by atoms with Crippen molar-refractivity contribution in [1.29, 1.82) is 0 Å². The fraction of sp³-hybridized carbons (Fsp3) is 0.174. The SMILES string of the molecule is Cc1cccc(CNC(=O)c2cc3sc(C)cc3n2Cc2ccc(F)cc2F)c1. The van der Waals surface area contributed by atoms with Gasteiger partial charge in [0, 0.05) is 23.1 Å². The number of fused-ring (bicyclic) bond motifs is 1. The Balaban J connectivity index is 1.65. The van der Waals surface area contributed by atoms with Gasteiger partial charge in [-0.2, -0.15) is 0 Å². The Bertz CT molecular complexity index is 1210. The molecule has 0 aliphatic heterocycles. The maximum absolute atomic E-state index is 14.2. The molecular formula is C23H20F2N2OS. The molecule has 0 aliphatic rings. The summed E-state index contributed by atoms with van der Waals surface area (Å²) < 4.78 is 30.3. The molecule has 1 amide bonds. The van der Waals surface area contributed by atoms with Crippen molar-refractivity contribution >= 4 is 27.5 Å². The summed E-state index contributed by atoms with van der Waals surface area (Å²) in [4.78, 5) is 14.0. The van der Waals surface area contributed by atoms with Crippen molar-refractivity contribution in [2.75, 3.05) is 0 Å². The van der Waals surface area contributed by atoms with Gasteiger partial charge in [-0.25, -0.2) is 8.78 Å². The standard InChI is InChI=1S/C23H20F2N2OS/c1-14-4-3-5-16(8-14)12-26-23(28)21-11-22-20(9-15(2)29-22)27(21)13-17-6-7-18(24)10-19(17)25/h3-11H,12-13H2,1-2H3,(H,26,28). The van der Waals surface area contributed by atoms with E-state index < -0.39 is 11.6 Å². The number of amides is 1. The number of carbonyl (C=O) groups excluding carboxylic acids is 1. The van der Waals surface area contributed by atoms with Gasteiger partial charge in [0.25, 0.3) is 5.91 Å². The number of hydrogen-bond acceptors (Lipinski definition) is 2. The summed E-state index contributed by atoms with van der Waals surface area (Å²) >= 11 is 1.58. The summed E-state index contributed by atoms with van der Waals surface area (Å²) in [7, 11) is 0. The van der Waals surface area contributed by atoms with Crippen LogP contribution in [0.3, 0.4) is 0 Å². The minimum Gasteiger partial charge on any atom is -0.347 e. The molecular weight excluding hydrogens is 390 g/mol. The van der Waals surface area contributed by atoms with E-state index in [1.807, 2.05) is 50.2 Å². The van der Waals surface area contributed by atoms with Crippen LogP contribution in [0.5, 0.6) is 0 Å². The first-order valence-electron chi connectivity index (χ1n) is 9.28. The lowest BCUT2D eigenvalue weighted by Gasteiger charge is -2.12. The molecule has 4 aromatic rings. The van der Waals surface area contributed by atoms with Crippen LogP contribution in [0.25, 0.3) is 10.2 Å². The van der Waals surface area contributed by atoms with Gasteiger partial charge >= 0.3 is 0 Å². The van der Waals surface area contributed by atoms with Gasteiger partial charge in [-0.05, 0) is 37.6 Å². The van der Waals surface area contributed by atoms with Crippen LogP contribution in [0.4, 0.5) is 8.78 Å². The smallest absolute Gasteiger partial charge is 0.268 e. The van der Waals surface area contributed by atoms with E-state index in [4.69, 9.17) is 0 Å². The third-order valence-corrected chi connectivity index (χ3v) is 5.81. The molecule has 0 saturated carbocycles. The van der Waals surface area contributed by atoms with Gasteiger partial charge in [0.15, 0.2) is 0 Å². The normalized spacial score (nSPS) is 11.2. The molecule has 2 aromatic carbocycles. The third kappa shape index (κ3) is 4.07. The fourth-order valence-corrected chi connectivity index (χ4v) is 4.40. The molecule has 6 heteroatoms. The van der Waals surface area contributed by atoms with Crippen molar-refractivity contribution < 1.29 is 13.6 Å². The average molecular weight is 410 g/mol. The largest absolute Gasteiger partial charge is 0.347 e. The number of hydrogen-bond donors (Lipinski definition) is 1. The second-order valence-electron chi connectivity index (χ2n) is 7.13. The van der Waals surface area contributed by atoms with E-state index in [0.717, 1.165) is 32.3 Å². The van der Waals surface area contributed by atoms with Gasteiger partial charge in [0.05, 0.1) is 16.8 Å². The molecule has 1 N–H and O–H groups in total. The number of rotatable bonds is 5. The number of benzene rings is 2. The Hall–Kier alpha value is -2.99. The van der Waals surface area contributed by atoms with Crippen LogP contribution in [0.2, 0.25) is 0 Å². The summed E-state index contributed by atoms with van der Waals surface area (Å²) in [5.74, 6) is -1.47. The van der Waals surface area contributed by atoms with Gasteiger partial charge in [-0.1, -0.05) is 35.9 Å². The van der Waals surface area contributed by atoms with E-state index >= 15 is 0 Å². The molecule has 0 spiro atoms. The lowest BCUT2D eigenvalue weighted by Crippen LogP contribution is -2.25. The van der Waals surface area contributed by atoms with E-state index in [9.17, 15) is 13.6 Å². The Kier molecular flexibility index (Phi) is 5.20. The predicted molar refractivity (Wildman–Crippen MR) is 112 cm³/mol. The molecule has 0 fully saturated rings. The minimum absolute atomic E-state index is 0.152. The average Bonchev–Trinajstić information content (AvgIpc) is 3.19. The number of aryl methyl sites for hydroxylation is 2. The number of nitrogens with zero attached hydrogens (tertiary/aromatic N) is 1. The van der Waals surface area contributed by atoms with E-state index in [0.29, 0.717) is 17.8 Å². The quantitative estimate of drug-likeness (QED) is 0.458. The highest BCUT2D eigenvalue weighted by atomic mass is 32.1. The first-order chi connectivity index (χ1) is 13.9. The Labute approximate surface area is 171 Å². The number of nitrogens with one attached hydrogen (secondary N) is 1. The maximum atomic E-state index is 14.2. The molecule has 29 heavy (non-hydrogen) atoms. The molecule has 0 aliphatic carbocycles. The van der Waals surface area contributed by atoms with Gasteiger partial charge in [0.2, 0.25) is 0 Å². The van der Waals surface area contributed by atoms with Crippen LogP contribution in [-0.2, 0) is 13.1 Å². The highest BCUT2D eigenvalue weighted by Gasteiger charge is 2.18.